The van der Waals surface area contributed by atoms with Crippen LogP contribution in [0.3, 0.4) is 0 Å². The number of benzene rings is 1. The highest BCUT2D eigenvalue weighted by atomic mass is 19.4. The molecule has 4 rings (SSSR count). The molecule has 32 heavy (non-hydrogen) atoms. The summed E-state index contributed by atoms with van der Waals surface area (Å²) in [6, 6.07) is 3.39. The first kappa shape index (κ1) is 22.1. The minimum Gasteiger partial charge on any atom is -0.496 e. The van der Waals surface area contributed by atoms with Gasteiger partial charge in [-0.25, -0.2) is 4.98 Å². The molecule has 11 heteroatoms. The summed E-state index contributed by atoms with van der Waals surface area (Å²) in [7, 11) is 2.88. The van der Waals surface area contributed by atoms with Crippen molar-refractivity contribution in [1.29, 1.82) is 0 Å². The maximum Gasteiger partial charge on any atom is 0.421 e. The number of nitrogens with one attached hydrogen (secondary N) is 2. The fraction of sp³-hybridized carbons (Fsp3) is 0.476. The second-order valence-corrected chi connectivity index (χ2v) is 7.62. The number of aromatic nitrogens is 2. The average molecular weight is 451 g/mol. The highest BCUT2D eigenvalue weighted by molar-refractivity contribution is 5.98. The highest BCUT2D eigenvalue weighted by Gasteiger charge is 2.36. The fourth-order valence-corrected chi connectivity index (χ4v) is 3.77. The number of carbonyl (C=O) groups excluding carboxylic acids is 1. The Bertz CT molecular complexity index is 1000. The van der Waals surface area contributed by atoms with Crippen LogP contribution in [0.1, 0.15) is 40.2 Å². The molecule has 2 heterocycles. The van der Waals surface area contributed by atoms with Crippen molar-refractivity contribution in [2.75, 3.05) is 51.1 Å². The molecule has 1 aliphatic heterocycles. The van der Waals surface area contributed by atoms with Gasteiger partial charge < -0.3 is 25.0 Å². The lowest BCUT2D eigenvalue weighted by Gasteiger charge is -2.28. The van der Waals surface area contributed by atoms with Crippen molar-refractivity contribution in [3.05, 3.63) is 35.0 Å². The minimum atomic E-state index is -4.57. The van der Waals surface area contributed by atoms with Crippen LogP contribution in [0, 0.1) is 0 Å². The lowest BCUT2D eigenvalue weighted by molar-refractivity contribution is -0.137. The largest absolute Gasteiger partial charge is 0.496 e. The second-order valence-electron chi connectivity index (χ2n) is 7.62. The summed E-state index contributed by atoms with van der Waals surface area (Å²) in [6.45, 7) is 1.99. The molecule has 1 saturated carbocycles. The van der Waals surface area contributed by atoms with Crippen LogP contribution in [0.2, 0.25) is 0 Å². The van der Waals surface area contributed by atoms with Gasteiger partial charge in [0.05, 0.1) is 25.9 Å². The SMILES string of the molecule is CNc1nc(Nc2ccc(C(=O)N3CCOCC3)c(OC)c2C2CC2)ncc1C(F)(F)F. The molecule has 1 saturated heterocycles. The summed E-state index contributed by atoms with van der Waals surface area (Å²) in [5.41, 5.74) is 0.911. The lowest BCUT2D eigenvalue weighted by Crippen LogP contribution is -2.40. The van der Waals surface area contributed by atoms with Gasteiger partial charge in [-0.2, -0.15) is 18.2 Å². The maximum absolute atomic E-state index is 13.1. The highest BCUT2D eigenvalue weighted by Crippen LogP contribution is 2.49. The number of nitrogens with zero attached hydrogens (tertiary/aromatic N) is 3. The zero-order valence-electron chi connectivity index (χ0n) is 17.8. The number of morpholine rings is 1. The van der Waals surface area contributed by atoms with Gasteiger partial charge in [0.15, 0.2) is 0 Å². The van der Waals surface area contributed by atoms with E-state index in [4.69, 9.17) is 9.47 Å². The third kappa shape index (κ3) is 4.43. The normalized spacial score (nSPS) is 16.6. The van der Waals surface area contributed by atoms with Crippen LogP contribution in [-0.4, -0.2) is 61.2 Å². The Morgan fingerprint density at radius 2 is 1.97 bits per heavy atom. The number of rotatable bonds is 6. The van der Waals surface area contributed by atoms with Gasteiger partial charge in [0.2, 0.25) is 5.95 Å². The van der Waals surface area contributed by atoms with E-state index in [0.29, 0.717) is 43.3 Å². The molecule has 0 spiro atoms. The molecule has 0 radical (unpaired) electrons. The molecule has 1 aromatic heterocycles. The first-order valence-electron chi connectivity index (χ1n) is 10.3. The van der Waals surface area contributed by atoms with Gasteiger partial charge in [0, 0.05) is 37.6 Å². The van der Waals surface area contributed by atoms with Crippen LogP contribution in [0.5, 0.6) is 5.75 Å². The number of hydrogen-bond donors (Lipinski definition) is 2. The molecule has 0 unspecified atom stereocenters. The molecule has 8 nitrogen and oxygen atoms in total. The number of ether oxygens (including phenoxy) is 2. The molecule has 1 aliphatic carbocycles. The molecule has 2 aliphatic rings. The number of halogens is 3. The molecule has 0 bridgehead atoms. The molecule has 1 aromatic carbocycles. The van der Waals surface area contributed by atoms with E-state index in [1.165, 1.54) is 14.2 Å². The number of alkyl halides is 3. The van der Waals surface area contributed by atoms with E-state index < -0.39 is 11.7 Å². The smallest absolute Gasteiger partial charge is 0.421 e. The van der Waals surface area contributed by atoms with Crippen molar-refractivity contribution in [2.24, 2.45) is 0 Å². The Balaban J connectivity index is 1.68. The summed E-state index contributed by atoms with van der Waals surface area (Å²) in [4.78, 5) is 22.6. The van der Waals surface area contributed by atoms with Crippen LogP contribution >= 0.6 is 0 Å². The first-order chi connectivity index (χ1) is 15.3. The van der Waals surface area contributed by atoms with Crippen molar-refractivity contribution in [3.63, 3.8) is 0 Å². The zero-order valence-corrected chi connectivity index (χ0v) is 17.8. The molecule has 2 N–H and O–H groups in total. The Hall–Kier alpha value is -3.08. The predicted molar refractivity (Wildman–Crippen MR) is 112 cm³/mol. The third-order valence-corrected chi connectivity index (χ3v) is 5.49. The van der Waals surface area contributed by atoms with E-state index in [9.17, 15) is 18.0 Å². The third-order valence-electron chi connectivity index (χ3n) is 5.49. The van der Waals surface area contributed by atoms with Gasteiger partial charge in [-0.15, -0.1) is 0 Å². The number of methoxy groups -OCH3 is 1. The topological polar surface area (TPSA) is 88.6 Å². The van der Waals surface area contributed by atoms with Gasteiger partial charge in [-0.3, -0.25) is 4.79 Å². The van der Waals surface area contributed by atoms with Gasteiger partial charge in [-0.1, -0.05) is 0 Å². The van der Waals surface area contributed by atoms with Crippen molar-refractivity contribution >= 4 is 23.4 Å². The minimum absolute atomic E-state index is 0.0126. The van der Waals surface area contributed by atoms with Crippen molar-refractivity contribution in [3.8, 4) is 5.75 Å². The van der Waals surface area contributed by atoms with Crippen LogP contribution < -0.4 is 15.4 Å². The summed E-state index contributed by atoms with van der Waals surface area (Å²) in [5, 5.41) is 5.48. The molecule has 0 atom stereocenters. The number of hydrogen-bond acceptors (Lipinski definition) is 7. The molecule has 172 valence electrons. The van der Waals surface area contributed by atoms with E-state index in [1.54, 1.807) is 17.0 Å². The van der Waals surface area contributed by atoms with Crippen molar-refractivity contribution in [1.82, 2.24) is 14.9 Å². The summed E-state index contributed by atoms with van der Waals surface area (Å²) < 4.78 is 50.4. The Morgan fingerprint density at radius 3 is 2.56 bits per heavy atom. The van der Waals surface area contributed by atoms with Crippen LogP contribution in [0.25, 0.3) is 0 Å². The zero-order chi connectivity index (χ0) is 22.9. The molecule has 1 amide bonds. The van der Waals surface area contributed by atoms with E-state index in [0.717, 1.165) is 24.6 Å². The van der Waals surface area contributed by atoms with Crippen LogP contribution in [-0.2, 0) is 10.9 Å². The van der Waals surface area contributed by atoms with Gasteiger partial charge in [0.1, 0.15) is 17.1 Å². The van der Waals surface area contributed by atoms with Crippen LogP contribution in [0.4, 0.5) is 30.6 Å². The maximum atomic E-state index is 13.1. The molecule has 2 aromatic rings. The summed E-state index contributed by atoms with van der Waals surface area (Å²) >= 11 is 0. The monoisotopic (exact) mass is 451 g/mol. The Labute approximate surface area is 183 Å². The Morgan fingerprint density at radius 1 is 1.25 bits per heavy atom. The van der Waals surface area contributed by atoms with E-state index >= 15 is 0 Å². The van der Waals surface area contributed by atoms with E-state index in [-0.39, 0.29) is 23.6 Å². The van der Waals surface area contributed by atoms with Gasteiger partial charge in [-0.05, 0) is 30.9 Å². The predicted octanol–water partition coefficient (Wildman–Crippen LogP) is 3.64. The number of anilines is 3. The second kappa shape index (κ2) is 8.81. The quantitative estimate of drug-likeness (QED) is 0.693. The Kier molecular flexibility index (Phi) is 6.09. The molecular formula is C21H24F3N5O3. The number of carbonyl (C=O) groups is 1. The lowest BCUT2D eigenvalue weighted by atomic mass is 10.0. The van der Waals surface area contributed by atoms with E-state index in [2.05, 4.69) is 20.6 Å². The van der Waals surface area contributed by atoms with Crippen LogP contribution in [0.15, 0.2) is 18.3 Å². The summed E-state index contributed by atoms with van der Waals surface area (Å²) in [5.74, 6) is 0.201. The van der Waals surface area contributed by atoms with Crippen molar-refractivity contribution < 1.29 is 27.4 Å². The summed E-state index contributed by atoms with van der Waals surface area (Å²) in [6.07, 6.45) is -1.97. The fourth-order valence-electron chi connectivity index (χ4n) is 3.77. The standard InChI is InChI=1S/C21H24F3N5O3/c1-25-18-14(21(22,23)24)11-26-20(28-18)27-15-6-5-13(17(31-2)16(15)12-3-4-12)19(30)29-7-9-32-10-8-29/h5-6,11-12H,3-4,7-10H2,1-2H3,(H2,25,26,27,28). The molecule has 2 fully saturated rings. The van der Waals surface area contributed by atoms with E-state index in [1.807, 2.05) is 0 Å². The first-order valence-corrected chi connectivity index (χ1v) is 10.3. The van der Waals surface area contributed by atoms with Gasteiger partial charge in [0.25, 0.3) is 5.91 Å². The number of amides is 1. The average Bonchev–Trinajstić information content (AvgIpc) is 3.63. The molecular weight excluding hydrogens is 427 g/mol. The van der Waals surface area contributed by atoms with Gasteiger partial charge >= 0.3 is 6.18 Å². The van der Waals surface area contributed by atoms with Crippen molar-refractivity contribution in [2.45, 2.75) is 24.9 Å².